The molecule has 1 rings (SSSR count). The summed E-state index contributed by atoms with van der Waals surface area (Å²) >= 11 is 0. The number of nitrogen functional groups attached to an aromatic ring is 1. The molecule has 0 bridgehead atoms. The zero-order valence-corrected chi connectivity index (χ0v) is 8.67. The molecule has 13 heavy (non-hydrogen) atoms. The van der Waals surface area contributed by atoms with Crippen molar-refractivity contribution in [3.05, 3.63) is 11.8 Å². The van der Waals surface area contributed by atoms with Gasteiger partial charge in [0.1, 0.15) is 5.82 Å². The highest BCUT2D eigenvalue weighted by atomic mass is 32.2. The van der Waals surface area contributed by atoms with Gasteiger partial charge in [-0.05, 0) is 20.8 Å². The van der Waals surface area contributed by atoms with E-state index in [4.69, 9.17) is 5.73 Å². The van der Waals surface area contributed by atoms with Crippen molar-refractivity contribution in [3.63, 3.8) is 0 Å². The highest BCUT2D eigenvalue weighted by Crippen LogP contribution is 2.11. The second-order valence-corrected chi connectivity index (χ2v) is 5.51. The van der Waals surface area contributed by atoms with Gasteiger partial charge < -0.3 is 5.73 Å². The van der Waals surface area contributed by atoms with Gasteiger partial charge in [0.05, 0.1) is 5.25 Å². The van der Waals surface area contributed by atoms with E-state index in [9.17, 15) is 8.42 Å². The zero-order chi connectivity index (χ0) is 10.2. The molecule has 1 aromatic rings. The van der Waals surface area contributed by atoms with E-state index in [2.05, 4.69) is 5.10 Å². The van der Waals surface area contributed by atoms with Gasteiger partial charge in [0.15, 0.2) is 0 Å². The largest absolute Gasteiger partial charge is 0.382 e. The molecule has 0 atom stereocenters. The van der Waals surface area contributed by atoms with E-state index in [1.54, 1.807) is 20.8 Å². The van der Waals surface area contributed by atoms with Crippen LogP contribution in [0.1, 0.15) is 19.4 Å². The summed E-state index contributed by atoms with van der Waals surface area (Å²) in [6, 6.07) is 0. The van der Waals surface area contributed by atoms with Crippen LogP contribution in [0.5, 0.6) is 0 Å². The monoisotopic (exact) mass is 203 g/mol. The third-order valence-electron chi connectivity index (χ3n) is 1.77. The van der Waals surface area contributed by atoms with Crippen LogP contribution in [-0.2, 0) is 10.0 Å². The Labute approximate surface area is 77.6 Å². The van der Waals surface area contributed by atoms with Crippen molar-refractivity contribution in [2.24, 2.45) is 0 Å². The number of nitrogens with zero attached hydrogens (tertiary/aromatic N) is 2. The molecule has 6 heteroatoms. The predicted octanol–water partition coefficient (Wildman–Crippen LogP) is 0.360. The molecule has 0 unspecified atom stereocenters. The molecule has 0 aliphatic rings. The third kappa shape index (κ3) is 1.67. The minimum atomic E-state index is -3.35. The van der Waals surface area contributed by atoms with Crippen molar-refractivity contribution in [1.82, 2.24) is 9.19 Å². The van der Waals surface area contributed by atoms with E-state index in [-0.39, 0.29) is 5.82 Å². The molecule has 0 amide bonds. The van der Waals surface area contributed by atoms with Gasteiger partial charge in [0.25, 0.3) is 10.0 Å². The molecule has 0 saturated heterocycles. The molecular weight excluding hydrogens is 190 g/mol. The molecule has 0 aromatic carbocycles. The molecule has 0 aliphatic carbocycles. The molecular formula is C7H13N3O2S. The van der Waals surface area contributed by atoms with Crippen molar-refractivity contribution in [1.29, 1.82) is 0 Å². The van der Waals surface area contributed by atoms with Crippen LogP contribution in [0.25, 0.3) is 0 Å². The number of hydrogen-bond acceptors (Lipinski definition) is 4. The lowest BCUT2D eigenvalue weighted by molar-refractivity contribution is 0.571. The molecule has 0 saturated carbocycles. The number of anilines is 1. The van der Waals surface area contributed by atoms with E-state index in [0.717, 1.165) is 4.09 Å². The summed E-state index contributed by atoms with van der Waals surface area (Å²) in [5, 5.41) is 3.22. The topological polar surface area (TPSA) is 78.0 Å². The first kappa shape index (κ1) is 10.0. The van der Waals surface area contributed by atoms with Crippen LogP contribution in [-0.4, -0.2) is 22.9 Å². The molecule has 1 heterocycles. The van der Waals surface area contributed by atoms with Gasteiger partial charge in [-0.2, -0.15) is 4.09 Å². The zero-order valence-electron chi connectivity index (χ0n) is 7.85. The highest BCUT2D eigenvalue weighted by Gasteiger charge is 2.20. The lowest BCUT2D eigenvalue weighted by Gasteiger charge is -2.05. The van der Waals surface area contributed by atoms with E-state index in [1.807, 2.05) is 0 Å². The molecule has 0 radical (unpaired) electrons. The fourth-order valence-corrected chi connectivity index (χ4v) is 1.73. The molecule has 1 aromatic heterocycles. The highest BCUT2D eigenvalue weighted by molar-refractivity contribution is 7.90. The molecule has 2 N–H and O–H groups in total. The number of hydrogen-bond donors (Lipinski definition) is 1. The summed E-state index contributed by atoms with van der Waals surface area (Å²) in [4.78, 5) is 0. The fourth-order valence-electron chi connectivity index (χ4n) is 0.792. The van der Waals surface area contributed by atoms with Crippen molar-refractivity contribution < 1.29 is 8.42 Å². The first-order valence-electron chi connectivity index (χ1n) is 3.92. The Morgan fingerprint density at radius 3 is 2.38 bits per heavy atom. The Balaban J connectivity index is 3.24. The van der Waals surface area contributed by atoms with Crippen molar-refractivity contribution >= 4 is 15.8 Å². The van der Waals surface area contributed by atoms with Crippen molar-refractivity contribution in [2.45, 2.75) is 26.0 Å². The van der Waals surface area contributed by atoms with Gasteiger partial charge in [0, 0.05) is 11.8 Å². The summed E-state index contributed by atoms with van der Waals surface area (Å²) < 4.78 is 24.0. The molecule has 0 fully saturated rings. The smallest absolute Gasteiger partial charge is 0.256 e. The van der Waals surface area contributed by atoms with Crippen LogP contribution in [0.3, 0.4) is 0 Å². The minimum Gasteiger partial charge on any atom is -0.382 e. The Morgan fingerprint density at radius 1 is 1.54 bits per heavy atom. The van der Waals surface area contributed by atoms with E-state index >= 15 is 0 Å². The third-order valence-corrected chi connectivity index (χ3v) is 3.67. The average molecular weight is 203 g/mol. The summed E-state index contributed by atoms with van der Waals surface area (Å²) in [6.45, 7) is 4.92. The number of aromatic nitrogens is 2. The standard InChI is InChI=1S/C7H13N3O2S/c1-5(2)13(11,12)10-4-6(3)7(8)9-10/h4-5H,1-3H3,(H2,8,9). The number of nitrogens with two attached hydrogens (primary N) is 1. The lowest BCUT2D eigenvalue weighted by atomic mass is 10.4. The quantitative estimate of drug-likeness (QED) is 0.752. The Bertz CT molecular complexity index is 386. The summed E-state index contributed by atoms with van der Waals surface area (Å²) in [5.74, 6) is 0.254. The van der Waals surface area contributed by atoms with Gasteiger partial charge in [-0.3, -0.25) is 0 Å². The van der Waals surface area contributed by atoms with Gasteiger partial charge in [-0.25, -0.2) is 8.42 Å². The van der Waals surface area contributed by atoms with E-state index in [1.165, 1.54) is 6.20 Å². The van der Waals surface area contributed by atoms with Crippen molar-refractivity contribution in [3.8, 4) is 0 Å². The Hall–Kier alpha value is -1.04. The summed E-state index contributed by atoms with van der Waals surface area (Å²) in [5.41, 5.74) is 6.11. The van der Waals surface area contributed by atoms with Crippen LogP contribution in [0, 0.1) is 6.92 Å². The fraction of sp³-hybridized carbons (Fsp3) is 0.571. The first-order chi connectivity index (χ1) is 5.85. The van der Waals surface area contributed by atoms with Gasteiger partial charge in [-0.1, -0.05) is 0 Å². The summed E-state index contributed by atoms with van der Waals surface area (Å²) in [7, 11) is -3.35. The van der Waals surface area contributed by atoms with Gasteiger partial charge >= 0.3 is 0 Å². The maximum Gasteiger partial charge on any atom is 0.256 e. The SMILES string of the molecule is Cc1cn(S(=O)(=O)C(C)C)nc1N. The minimum absolute atomic E-state index is 0.254. The molecule has 0 aliphatic heterocycles. The molecule has 0 spiro atoms. The van der Waals surface area contributed by atoms with Crippen molar-refractivity contribution in [2.75, 3.05) is 5.73 Å². The van der Waals surface area contributed by atoms with Crippen LogP contribution < -0.4 is 5.73 Å². The number of rotatable bonds is 2. The van der Waals surface area contributed by atoms with Gasteiger partial charge in [0.2, 0.25) is 0 Å². The lowest BCUT2D eigenvalue weighted by Crippen LogP contribution is -2.22. The molecule has 74 valence electrons. The van der Waals surface area contributed by atoms with Crippen LogP contribution >= 0.6 is 0 Å². The normalized spacial score (nSPS) is 12.3. The second kappa shape index (κ2) is 3.02. The number of aryl methyl sites for hydroxylation is 1. The average Bonchev–Trinajstić information content (AvgIpc) is 2.32. The maximum absolute atomic E-state index is 11.5. The Morgan fingerprint density at radius 2 is 2.08 bits per heavy atom. The van der Waals surface area contributed by atoms with Crippen LogP contribution in [0.2, 0.25) is 0 Å². The van der Waals surface area contributed by atoms with Gasteiger partial charge in [-0.15, -0.1) is 5.10 Å². The van der Waals surface area contributed by atoms with E-state index in [0.29, 0.717) is 5.56 Å². The maximum atomic E-state index is 11.5. The first-order valence-corrected chi connectivity index (χ1v) is 5.42. The van der Waals surface area contributed by atoms with Crippen LogP contribution in [0.15, 0.2) is 6.20 Å². The predicted molar refractivity (Wildman–Crippen MR) is 50.8 cm³/mol. The second-order valence-electron chi connectivity index (χ2n) is 3.16. The molecule has 5 nitrogen and oxygen atoms in total. The van der Waals surface area contributed by atoms with Crippen LogP contribution in [0.4, 0.5) is 5.82 Å². The summed E-state index contributed by atoms with van der Waals surface area (Å²) in [6.07, 6.45) is 1.42. The Kier molecular flexibility index (Phi) is 2.34. The van der Waals surface area contributed by atoms with E-state index < -0.39 is 15.3 Å².